The van der Waals surface area contributed by atoms with Gasteiger partial charge in [0.05, 0.1) is 0 Å². The van der Waals surface area contributed by atoms with Crippen LogP contribution in [0.4, 0.5) is 0 Å². The molecule has 2 N–H and O–H groups in total. The highest BCUT2D eigenvalue weighted by molar-refractivity contribution is 8.00. The molecule has 1 unspecified atom stereocenters. The second-order valence-electron chi connectivity index (χ2n) is 3.56. The Hall–Kier alpha value is -0.480. The zero-order chi connectivity index (χ0) is 9.90. The summed E-state index contributed by atoms with van der Waals surface area (Å²) >= 11 is 1.77. The molecule has 74 valence electrons. The minimum absolute atomic E-state index is 0.00868. The van der Waals surface area contributed by atoms with Gasteiger partial charge in [-0.1, -0.05) is 6.08 Å². The Balaban J connectivity index is 2.51. The van der Waals surface area contributed by atoms with Crippen molar-refractivity contribution in [3.8, 4) is 0 Å². The SMILES string of the molecule is C=CCNC(=O)C1NCSC1(C)C. The van der Waals surface area contributed by atoms with E-state index in [9.17, 15) is 4.79 Å². The molecule has 0 aliphatic carbocycles. The third-order valence-corrected chi connectivity index (χ3v) is 3.40. The van der Waals surface area contributed by atoms with Crippen LogP contribution >= 0.6 is 11.8 Å². The molecule has 0 spiro atoms. The molecule has 0 radical (unpaired) electrons. The van der Waals surface area contributed by atoms with E-state index in [0.717, 1.165) is 5.88 Å². The van der Waals surface area contributed by atoms with Gasteiger partial charge in [-0.15, -0.1) is 18.3 Å². The molecule has 1 saturated heterocycles. The number of carbonyl (C=O) groups excluding carboxylic acids is 1. The van der Waals surface area contributed by atoms with Gasteiger partial charge in [-0.05, 0) is 13.8 Å². The topological polar surface area (TPSA) is 41.1 Å². The minimum Gasteiger partial charge on any atom is -0.351 e. The van der Waals surface area contributed by atoms with E-state index in [0.29, 0.717) is 6.54 Å². The van der Waals surface area contributed by atoms with Crippen LogP contribution < -0.4 is 10.6 Å². The van der Waals surface area contributed by atoms with Crippen molar-refractivity contribution in [2.24, 2.45) is 0 Å². The predicted octanol–water partition coefficient (Wildman–Crippen LogP) is 0.730. The Morgan fingerprint density at radius 2 is 2.54 bits per heavy atom. The summed E-state index contributed by atoms with van der Waals surface area (Å²) in [7, 11) is 0. The Kier molecular flexibility index (Phi) is 3.39. The second-order valence-corrected chi connectivity index (χ2v) is 5.19. The highest BCUT2D eigenvalue weighted by atomic mass is 32.2. The third kappa shape index (κ3) is 2.48. The fraction of sp³-hybridized carbons (Fsp3) is 0.667. The number of carbonyl (C=O) groups is 1. The van der Waals surface area contributed by atoms with Crippen LogP contribution in [0, 0.1) is 0 Å². The molecule has 1 atom stereocenters. The van der Waals surface area contributed by atoms with Crippen LogP contribution in [0.15, 0.2) is 12.7 Å². The molecule has 0 saturated carbocycles. The molecule has 1 aliphatic heterocycles. The van der Waals surface area contributed by atoms with Gasteiger partial charge in [-0.2, -0.15) is 0 Å². The van der Waals surface area contributed by atoms with Gasteiger partial charge < -0.3 is 5.32 Å². The number of thioether (sulfide) groups is 1. The van der Waals surface area contributed by atoms with Crippen LogP contribution in [0.1, 0.15) is 13.8 Å². The van der Waals surface area contributed by atoms with Crippen molar-refractivity contribution in [1.29, 1.82) is 0 Å². The molecule has 1 amide bonds. The van der Waals surface area contributed by atoms with E-state index in [4.69, 9.17) is 0 Å². The first-order chi connectivity index (χ1) is 6.08. The third-order valence-electron chi connectivity index (χ3n) is 2.11. The lowest BCUT2D eigenvalue weighted by Crippen LogP contribution is -2.49. The van der Waals surface area contributed by atoms with Crippen LogP contribution in [-0.4, -0.2) is 29.1 Å². The van der Waals surface area contributed by atoms with Gasteiger partial charge in [0.25, 0.3) is 0 Å². The molecule has 3 nitrogen and oxygen atoms in total. The Morgan fingerprint density at radius 3 is 3.00 bits per heavy atom. The molecule has 1 rings (SSSR count). The summed E-state index contributed by atoms with van der Waals surface area (Å²) in [5.41, 5.74) is 0. The Labute approximate surface area is 83.3 Å². The van der Waals surface area contributed by atoms with E-state index < -0.39 is 0 Å². The van der Waals surface area contributed by atoms with Crippen LogP contribution in [0.2, 0.25) is 0 Å². The average Bonchev–Trinajstić information content (AvgIpc) is 2.41. The molecule has 0 aromatic heterocycles. The maximum atomic E-state index is 11.6. The lowest BCUT2D eigenvalue weighted by atomic mass is 10.0. The van der Waals surface area contributed by atoms with Crippen LogP contribution in [0.3, 0.4) is 0 Å². The molecular weight excluding hydrogens is 184 g/mol. The highest BCUT2D eigenvalue weighted by Crippen LogP contribution is 2.32. The van der Waals surface area contributed by atoms with E-state index >= 15 is 0 Å². The van der Waals surface area contributed by atoms with Crippen molar-refractivity contribution < 1.29 is 4.79 Å². The largest absolute Gasteiger partial charge is 0.351 e. The van der Waals surface area contributed by atoms with Crippen LogP contribution in [0.5, 0.6) is 0 Å². The monoisotopic (exact) mass is 200 g/mol. The van der Waals surface area contributed by atoms with Gasteiger partial charge in [0.2, 0.25) is 5.91 Å². The standard InChI is InChI=1S/C9H16N2OS/c1-4-5-10-8(12)7-9(2,3)13-6-11-7/h4,7,11H,1,5-6H2,2-3H3,(H,10,12). The summed E-state index contributed by atoms with van der Waals surface area (Å²) in [6.45, 7) is 8.25. The van der Waals surface area contributed by atoms with E-state index in [1.165, 1.54) is 0 Å². The van der Waals surface area contributed by atoms with E-state index in [2.05, 4.69) is 31.1 Å². The number of hydrogen-bond acceptors (Lipinski definition) is 3. The summed E-state index contributed by atoms with van der Waals surface area (Å²) in [4.78, 5) is 11.6. The van der Waals surface area contributed by atoms with Crippen molar-refractivity contribution in [3.63, 3.8) is 0 Å². The van der Waals surface area contributed by atoms with Gasteiger partial charge in [0.1, 0.15) is 6.04 Å². The second kappa shape index (κ2) is 4.15. The first-order valence-electron chi connectivity index (χ1n) is 4.34. The van der Waals surface area contributed by atoms with Crippen molar-refractivity contribution in [2.75, 3.05) is 12.4 Å². The van der Waals surface area contributed by atoms with Gasteiger partial charge in [0, 0.05) is 17.2 Å². The van der Waals surface area contributed by atoms with Gasteiger partial charge in [0.15, 0.2) is 0 Å². The van der Waals surface area contributed by atoms with Crippen molar-refractivity contribution >= 4 is 17.7 Å². The Morgan fingerprint density at radius 1 is 1.85 bits per heavy atom. The highest BCUT2D eigenvalue weighted by Gasteiger charge is 2.39. The van der Waals surface area contributed by atoms with Crippen LogP contribution in [0.25, 0.3) is 0 Å². The summed E-state index contributed by atoms with van der Waals surface area (Å²) < 4.78 is -0.00868. The summed E-state index contributed by atoms with van der Waals surface area (Å²) in [5, 5.41) is 5.97. The fourth-order valence-corrected chi connectivity index (χ4v) is 2.30. The van der Waals surface area contributed by atoms with Gasteiger partial charge in [-0.3, -0.25) is 10.1 Å². The van der Waals surface area contributed by atoms with Crippen molar-refractivity contribution in [2.45, 2.75) is 24.6 Å². The van der Waals surface area contributed by atoms with Gasteiger partial charge >= 0.3 is 0 Å². The summed E-state index contributed by atoms with van der Waals surface area (Å²) in [5.74, 6) is 0.911. The number of amides is 1. The maximum Gasteiger partial charge on any atom is 0.238 e. The molecule has 1 heterocycles. The lowest BCUT2D eigenvalue weighted by Gasteiger charge is -2.23. The van der Waals surface area contributed by atoms with Crippen molar-refractivity contribution in [3.05, 3.63) is 12.7 Å². The molecule has 0 bridgehead atoms. The molecular formula is C9H16N2OS. The number of hydrogen-bond donors (Lipinski definition) is 2. The number of nitrogens with one attached hydrogen (secondary N) is 2. The summed E-state index contributed by atoms with van der Waals surface area (Å²) in [6.07, 6.45) is 1.69. The minimum atomic E-state index is -0.0857. The normalized spacial score (nSPS) is 25.5. The average molecular weight is 200 g/mol. The molecule has 4 heteroatoms. The molecule has 0 aromatic rings. The van der Waals surface area contributed by atoms with Gasteiger partial charge in [-0.25, -0.2) is 0 Å². The molecule has 1 aliphatic rings. The zero-order valence-corrected chi connectivity index (χ0v) is 8.91. The summed E-state index contributed by atoms with van der Waals surface area (Å²) in [6, 6.07) is -0.0857. The predicted molar refractivity (Wildman–Crippen MR) is 56.7 cm³/mol. The van der Waals surface area contributed by atoms with E-state index in [1.54, 1.807) is 17.8 Å². The van der Waals surface area contributed by atoms with Crippen molar-refractivity contribution in [1.82, 2.24) is 10.6 Å². The first-order valence-corrected chi connectivity index (χ1v) is 5.32. The van der Waals surface area contributed by atoms with E-state index in [1.807, 2.05) is 0 Å². The zero-order valence-electron chi connectivity index (χ0n) is 8.09. The Bertz CT molecular complexity index is 216. The molecule has 13 heavy (non-hydrogen) atoms. The fourth-order valence-electron chi connectivity index (χ4n) is 1.32. The maximum absolute atomic E-state index is 11.6. The molecule has 0 aromatic carbocycles. The number of rotatable bonds is 3. The molecule has 1 fully saturated rings. The lowest BCUT2D eigenvalue weighted by molar-refractivity contribution is -0.123. The first kappa shape index (κ1) is 10.6. The van der Waals surface area contributed by atoms with E-state index in [-0.39, 0.29) is 16.7 Å². The smallest absolute Gasteiger partial charge is 0.238 e. The van der Waals surface area contributed by atoms with Crippen LogP contribution in [-0.2, 0) is 4.79 Å². The quantitative estimate of drug-likeness (QED) is 0.660.